The van der Waals surface area contributed by atoms with E-state index in [4.69, 9.17) is 0 Å². The highest BCUT2D eigenvalue weighted by Crippen LogP contribution is 2.29. The van der Waals surface area contributed by atoms with Crippen LogP contribution in [0, 0.1) is 0 Å². The lowest BCUT2D eigenvalue weighted by molar-refractivity contribution is -0.137. The van der Waals surface area contributed by atoms with Gasteiger partial charge in [0, 0.05) is 31.0 Å². The summed E-state index contributed by atoms with van der Waals surface area (Å²) in [4.78, 5) is 26.2. The van der Waals surface area contributed by atoms with Gasteiger partial charge in [-0.2, -0.15) is 13.2 Å². The van der Waals surface area contributed by atoms with E-state index in [-0.39, 0.29) is 30.4 Å². The van der Waals surface area contributed by atoms with E-state index in [9.17, 15) is 22.8 Å². The fourth-order valence-electron chi connectivity index (χ4n) is 3.08. The number of hydrogen-bond acceptors (Lipinski definition) is 4. The molecule has 3 rings (SSSR count). The summed E-state index contributed by atoms with van der Waals surface area (Å²) >= 11 is 1.72. The normalized spacial score (nSPS) is 22.3. The second kappa shape index (κ2) is 9.67. The lowest BCUT2D eigenvalue weighted by Crippen LogP contribution is -2.42. The minimum Gasteiger partial charge on any atom is -0.348 e. The second-order valence-corrected chi connectivity index (χ2v) is 7.57. The maximum atomic E-state index is 12.7. The predicted molar refractivity (Wildman–Crippen MR) is 105 cm³/mol. The molecule has 0 bridgehead atoms. The zero-order valence-electron chi connectivity index (χ0n) is 14.9. The van der Waals surface area contributed by atoms with Crippen LogP contribution in [0.15, 0.2) is 30.3 Å². The molecule has 2 saturated heterocycles. The highest BCUT2D eigenvalue weighted by molar-refractivity contribution is 7.99. The Kier molecular flexibility index (Phi) is 7.79. The summed E-state index contributed by atoms with van der Waals surface area (Å²) in [6.45, 7) is 1.24. The first-order valence-corrected chi connectivity index (χ1v) is 9.74. The molecule has 2 heterocycles. The van der Waals surface area contributed by atoms with Crippen LogP contribution in [0.4, 0.5) is 13.2 Å². The number of alkyl halides is 3. The molecule has 0 spiro atoms. The molecule has 154 valence electrons. The fourth-order valence-corrected chi connectivity index (χ4v) is 4.04. The zero-order valence-corrected chi connectivity index (χ0v) is 16.5. The number of carbonyl (C=O) groups excluding carboxylic acids is 2. The quantitative estimate of drug-likeness (QED) is 0.713. The molecule has 0 unspecified atom stereocenters. The van der Waals surface area contributed by atoms with Crippen molar-refractivity contribution in [3.05, 3.63) is 41.5 Å². The van der Waals surface area contributed by atoms with Crippen molar-refractivity contribution in [2.45, 2.75) is 24.7 Å². The number of nitrogens with one attached hydrogen (secondary N) is 2. The first-order chi connectivity index (χ1) is 12.8. The van der Waals surface area contributed by atoms with Gasteiger partial charge in [0.2, 0.25) is 11.8 Å². The van der Waals surface area contributed by atoms with E-state index in [2.05, 4.69) is 10.6 Å². The third-order valence-electron chi connectivity index (χ3n) is 4.48. The SMILES string of the molecule is Cl.O=C(C=Cc1cccc(C(F)(F)F)c1)N[C@@H]1CN[C@H](C(=O)N2CCSC2)C1. The Morgan fingerprint density at radius 3 is 2.79 bits per heavy atom. The van der Waals surface area contributed by atoms with Crippen molar-refractivity contribution < 1.29 is 22.8 Å². The van der Waals surface area contributed by atoms with Gasteiger partial charge in [-0.3, -0.25) is 9.59 Å². The first-order valence-electron chi connectivity index (χ1n) is 8.58. The van der Waals surface area contributed by atoms with Crippen LogP contribution in [0.5, 0.6) is 0 Å². The minimum atomic E-state index is -4.42. The van der Waals surface area contributed by atoms with Gasteiger partial charge in [-0.05, 0) is 30.2 Å². The maximum absolute atomic E-state index is 12.7. The number of thioether (sulfide) groups is 1. The topological polar surface area (TPSA) is 61.4 Å². The van der Waals surface area contributed by atoms with Crippen LogP contribution in [0.3, 0.4) is 0 Å². The van der Waals surface area contributed by atoms with Crippen molar-refractivity contribution in [3.8, 4) is 0 Å². The summed E-state index contributed by atoms with van der Waals surface area (Å²) < 4.78 is 38.1. The smallest absolute Gasteiger partial charge is 0.348 e. The van der Waals surface area contributed by atoms with Gasteiger partial charge < -0.3 is 15.5 Å². The summed E-state index contributed by atoms with van der Waals surface area (Å²) in [5, 5.41) is 5.91. The lowest BCUT2D eigenvalue weighted by atomic mass is 10.1. The molecule has 1 aromatic carbocycles. The van der Waals surface area contributed by atoms with Gasteiger partial charge in [-0.1, -0.05) is 12.1 Å². The lowest BCUT2D eigenvalue weighted by Gasteiger charge is -2.19. The van der Waals surface area contributed by atoms with E-state index in [1.165, 1.54) is 24.3 Å². The molecule has 2 amide bonds. The molecule has 2 N–H and O–H groups in total. The molecule has 1 aromatic rings. The monoisotopic (exact) mass is 435 g/mol. The van der Waals surface area contributed by atoms with Crippen LogP contribution < -0.4 is 10.6 Å². The van der Waals surface area contributed by atoms with Crippen LogP contribution >= 0.6 is 24.2 Å². The van der Waals surface area contributed by atoms with Crippen LogP contribution in [0.2, 0.25) is 0 Å². The molecular weight excluding hydrogens is 415 g/mol. The summed E-state index contributed by atoms with van der Waals surface area (Å²) in [5.74, 6) is 1.30. The first kappa shape index (κ1) is 22.6. The third-order valence-corrected chi connectivity index (χ3v) is 5.45. The van der Waals surface area contributed by atoms with E-state index >= 15 is 0 Å². The average Bonchev–Trinajstić information content (AvgIpc) is 3.31. The van der Waals surface area contributed by atoms with Crippen molar-refractivity contribution in [2.24, 2.45) is 0 Å². The van der Waals surface area contributed by atoms with Gasteiger partial charge in [0.05, 0.1) is 17.5 Å². The molecule has 28 heavy (non-hydrogen) atoms. The van der Waals surface area contributed by atoms with Crippen LogP contribution in [-0.4, -0.2) is 53.5 Å². The molecular formula is C18H21ClF3N3O2S. The third kappa shape index (κ3) is 5.89. The number of hydrogen-bond donors (Lipinski definition) is 2. The zero-order chi connectivity index (χ0) is 19.4. The largest absolute Gasteiger partial charge is 0.416 e. The molecule has 0 aliphatic carbocycles. The number of benzene rings is 1. The summed E-state index contributed by atoms with van der Waals surface area (Å²) in [5.41, 5.74) is -0.462. The van der Waals surface area contributed by atoms with E-state index in [0.29, 0.717) is 24.4 Å². The van der Waals surface area contributed by atoms with Gasteiger partial charge in [0.1, 0.15) is 0 Å². The van der Waals surface area contributed by atoms with Gasteiger partial charge in [0.15, 0.2) is 0 Å². The van der Waals surface area contributed by atoms with E-state index < -0.39 is 17.6 Å². The Morgan fingerprint density at radius 2 is 2.11 bits per heavy atom. The van der Waals surface area contributed by atoms with Gasteiger partial charge >= 0.3 is 6.18 Å². The summed E-state index contributed by atoms with van der Waals surface area (Å²) in [6, 6.07) is 4.28. The highest BCUT2D eigenvalue weighted by Gasteiger charge is 2.33. The van der Waals surface area contributed by atoms with Crippen molar-refractivity contribution in [1.82, 2.24) is 15.5 Å². The van der Waals surface area contributed by atoms with Gasteiger partial charge in [-0.15, -0.1) is 24.2 Å². The Morgan fingerprint density at radius 1 is 1.32 bits per heavy atom. The molecule has 2 aliphatic heterocycles. The van der Waals surface area contributed by atoms with Crippen LogP contribution in [-0.2, 0) is 15.8 Å². The number of halogens is 4. The van der Waals surface area contributed by atoms with Crippen molar-refractivity contribution in [1.29, 1.82) is 0 Å². The molecule has 2 fully saturated rings. The highest BCUT2D eigenvalue weighted by atomic mass is 35.5. The molecule has 5 nitrogen and oxygen atoms in total. The van der Waals surface area contributed by atoms with Gasteiger partial charge in [0.25, 0.3) is 0 Å². The minimum absolute atomic E-state index is 0. The maximum Gasteiger partial charge on any atom is 0.416 e. The van der Waals surface area contributed by atoms with Crippen LogP contribution in [0.25, 0.3) is 6.08 Å². The Balaban J connectivity index is 0.00000280. The number of carbonyl (C=O) groups is 2. The Bertz CT molecular complexity index is 739. The van der Waals surface area contributed by atoms with E-state index in [0.717, 1.165) is 24.4 Å². The van der Waals surface area contributed by atoms with Gasteiger partial charge in [-0.25, -0.2) is 0 Å². The molecule has 0 saturated carbocycles. The van der Waals surface area contributed by atoms with Crippen LogP contribution in [0.1, 0.15) is 17.5 Å². The number of nitrogens with zero attached hydrogens (tertiary/aromatic N) is 1. The molecule has 10 heteroatoms. The molecule has 0 radical (unpaired) electrons. The standard InChI is InChI=1S/C18H20F3N3O2S.ClH/c19-18(20,21)13-3-1-2-12(8-13)4-5-16(25)23-14-9-15(22-10-14)17(26)24-6-7-27-11-24;/h1-5,8,14-15,22H,6-7,9-11H2,(H,23,25);1H/t14-,15-;/m0./s1. The van der Waals surface area contributed by atoms with Crippen molar-refractivity contribution in [3.63, 3.8) is 0 Å². The molecule has 2 atom stereocenters. The number of amides is 2. The van der Waals surface area contributed by atoms with Crippen molar-refractivity contribution >= 4 is 42.1 Å². The average molecular weight is 436 g/mol. The summed E-state index contributed by atoms with van der Waals surface area (Å²) in [6.07, 6.45) is -1.36. The summed E-state index contributed by atoms with van der Waals surface area (Å²) in [7, 11) is 0. The Hall–Kier alpha value is -1.71. The number of rotatable bonds is 4. The van der Waals surface area contributed by atoms with E-state index in [1.54, 1.807) is 16.7 Å². The molecule has 0 aromatic heterocycles. The fraction of sp³-hybridized carbons (Fsp3) is 0.444. The second-order valence-electron chi connectivity index (χ2n) is 6.50. The Labute approximate surface area is 171 Å². The predicted octanol–water partition coefficient (Wildman–Crippen LogP) is 2.52. The van der Waals surface area contributed by atoms with E-state index in [1.807, 2.05) is 0 Å². The van der Waals surface area contributed by atoms with Crippen molar-refractivity contribution in [2.75, 3.05) is 24.7 Å². The molecule has 2 aliphatic rings.